The number of pyridine rings is 1. The van der Waals surface area contributed by atoms with Gasteiger partial charge in [-0.05, 0) is 6.07 Å². The Hall–Kier alpha value is -1.41. The predicted molar refractivity (Wildman–Crippen MR) is 45.2 cm³/mol. The highest BCUT2D eigenvalue weighted by atomic mass is 35.5. The number of hydrogen-bond donors (Lipinski definition) is 1. The molecule has 0 saturated carbocycles. The molecule has 0 spiro atoms. The summed E-state index contributed by atoms with van der Waals surface area (Å²) in [5, 5.41) is 17.2. The maximum absolute atomic E-state index is 12.3. The summed E-state index contributed by atoms with van der Waals surface area (Å²) in [5.41, 5.74) is -0.673. The Kier molecular flexibility index (Phi) is 3.20. The highest BCUT2D eigenvalue weighted by molar-refractivity contribution is 6.32. The van der Waals surface area contributed by atoms with Crippen molar-refractivity contribution in [1.82, 2.24) is 4.98 Å². The Morgan fingerprint density at radius 1 is 1.64 bits per heavy atom. The van der Waals surface area contributed by atoms with Crippen molar-refractivity contribution < 1.29 is 13.9 Å². The van der Waals surface area contributed by atoms with Crippen molar-refractivity contribution in [3.63, 3.8) is 0 Å². The van der Waals surface area contributed by atoms with Gasteiger partial charge in [0.25, 0.3) is 6.43 Å². The standard InChI is InChI=1S/C8H5ClF2N2O/c9-5-3-4(1-2-12)13-6(7(5)14)8(10)11/h3,8,14H,1H2. The minimum atomic E-state index is -2.91. The average Bonchev–Trinajstić information content (AvgIpc) is 2.11. The Labute approximate surface area is 83.6 Å². The van der Waals surface area contributed by atoms with E-state index in [0.29, 0.717) is 0 Å². The molecule has 0 atom stereocenters. The molecule has 0 fully saturated rings. The fourth-order valence-electron chi connectivity index (χ4n) is 0.901. The van der Waals surface area contributed by atoms with Gasteiger partial charge in [-0.25, -0.2) is 13.8 Å². The molecule has 0 saturated heterocycles. The third kappa shape index (κ3) is 2.09. The average molecular weight is 219 g/mol. The molecule has 74 valence electrons. The van der Waals surface area contributed by atoms with Crippen molar-refractivity contribution >= 4 is 11.6 Å². The van der Waals surface area contributed by atoms with E-state index in [2.05, 4.69) is 4.98 Å². The summed E-state index contributed by atoms with van der Waals surface area (Å²) < 4.78 is 24.5. The largest absolute Gasteiger partial charge is 0.504 e. The molecular formula is C8H5ClF2N2O. The van der Waals surface area contributed by atoms with Gasteiger partial charge in [0.05, 0.1) is 23.2 Å². The number of halogens is 3. The fourth-order valence-corrected chi connectivity index (χ4v) is 1.12. The monoisotopic (exact) mass is 218 g/mol. The van der Waals surface area contributed by atoms with E-state index in [1.165, 1.54) is 6.07 Å². The van der Waals surface area contributed by atoms with Gasteiger partial charge in [-0.15, -0.1) is 0 Å². The molecule has 1 N–H and O–H groups in total. The van der Waals surface area contributed by atoms with E-state index >= 15 is 0 Å². The molecule has 0 radical (unpaired) electrons. The van der Waals surface area contributed by atoms with Crippen molar-refractivity contribution in [2.75, 3.05) is 0 Å². The molecule has 1 aromatic heterocycles. The van der Waals surface area contributed by atoms with E-state index in [-0.39, 0.29) is 17.1 Å². The lowest BCUT2D eigenvalue weighted by Gasteiger charge is -2.05. The molecule has 0 aliphatic heterocycles. The third-order valence-electron chi connectivity index (χ3n) is 1.49. The van der Waals surface area contributed by atoms with Gasteiger partial charge in [-0.2, -0.15) is 5.26 Å². The number of nitriles is 1. The highest BCUT2D eigenvalue weighted by Crippen LogP contribution is 2.33. The molecule has 1 heterocycles. The number of aromatic hydroxyl groups is 1. The third-order valence-corrected chi connectivity index (χ3v) is 1.78. The minimum absolute atomic E-state index is 0.116. The van der Waals surface area contributed by atoms with Gasteiger partial charge < -0.3 is 5.11 Å². The molecule has 14 heavy (non-hydrogen) atoms. The lowest BCUT2D eigenvalue weighted by molar-refractivity contribution is 0.141. The highest BCUT2D eigenvalue weighted by Gasteiger charge is 2.18. The molecule has 0 aliphatic rings. The van der Waals surface area contributed by atoms with Crippen LogP contribution in [-0.2, 0) is 6.42 Å². The van der Waals surface area contributed by atoms with Crippen molar-refractivity contribution in [3.05, 3.63) is 22.5 Å². The number of nitrogens with zero attached hydrogens (tertiary/aromatic N) is 2. The van der Waals surface area contributed by atoms with Gasteiger partial charge in [-0.3, -0.25) is 0 Å². The Balaban J connectivity index is 3.22. The molecule has 0 aromatic carbocycles. The van der Waals surface area contributed by atoms with Crippen LogP contribution in [0.5, 0.6) is 5.75 Å². The summed E-state index contributed by atoms with van der Waals surface area (Å²) in [4.78, 5) is 3.42. The molecule has 6 heteroatoms. The van der Waals surface area contributed by atoms with Gasteiger partial charge in [0, 0.05) is 0 Å². The van der Waals surface area contributed by atoms with Gasteiger partial charge in [0.2, 0.25) is 0 Å². The van der Waals surface area contributed by atoms with Crippen molar-refractivity contribution in [3.8, 4) is 11.8 Å². The predicted octanol–water partition coefficient (Wildman–Crippen LogP) is 2.44. The first-order valence-electron chi connectivity index (χ1n) is 3.59. The summed E-state index contributed by atoms with van der Waals surface area (Å²) in [6.07, 6.45) is -3.04. The van der Waals surface area contributed by atoms with Gasteiger partial charge in [0.15, 0.2) is 5.75 Å². The Morgan fingerprint density at radius 3 is 2.79 bits per heavy atom. The zero-order chi connectivity index (χ0) is 10.7. The molecule has 0 unspecified atom stereocenters. The summed E-state index contributed by atoms with van der Waals surface area (Å²) in [7, 11) is 0. The molecule has 0 amide bonds. The van der Waals surface area contributed by atoms with Crippen LogP contribution in [0, 0.1) is 11.3 Å². The number of alkyl halides is 2. The van der Waals surface area contributed by atoms with Crippen LogP contribution in [0.1, 0.15) is 17.8 Å². The van der Waals surface area contributed by atoms with E-state index in [1.807, 2.05) is 0 Å². The van der Waals surface area contributed by atoms with Crippen molar-refractivity contribution in [2.45, 2.75) is 12.8 Å². The topological polar surface area (TPSA) is 56.9 Å². The molecular weight excluding hydrogens is 214 g/mol. The zero-order valence-corrected chi connectivity index (χ0v) is 7.59. The van der Waals surface area contributed by atoms with E-state index < -0.39 is 17.9 Å². The summed E-state index contributed by atoms with van der Waals surface area (Å²) in [5.74, 6) is -0.733. The van der Waals surface area contributed by atoms with Crippen LogP contribution in [0.15, 0.2) is 6.07 Å². The van der Waals surface area contributed by atoms with Crippen LogP contribution in [0.25, 0.3) is 0 Å². The fraction of sp³-hybridized carbons (Fsp3) is 0.250. The molecule has 0 aliphatic carbocycles. The number of rotatable bonds is 2. The lowest BCUT2D eigenvalue weighted by atomic mass is 10.2. The second-order valence-corrected chi connectivity index (χ2v) is 2.87. The second kappa shape index (κ2) is 4.20. The van der Waals surface area contributed by atoms with E-state index in [4.69, 9.17) is 22.0 Å². The first-order valence-corrected chi connectivity index (χ1v) is 3.97. The normalized spacial score (nSPS) is 10.2. The molecule has 0 bridgehead atoms. The first kappa shape index (κ1) is 10.7. The quantitative estimate of drug-likeness (QED) is 0.830. The molecule has 1 aromatic rings. The van der Waals surface area contributed by atoms with Gasteiger partial charge in [-0.1, -0.05) is 11.6 Å². The second-order valence-electron chi connectivity index (χ2n) is 2.46. The van der Waals surface area contributed by atoms with Crippen LogP contribution in [0.3, 0.4) is 0 Å². The van der Waals surface area contributed by atoms with Crippen LogP contribution < -0.4 is 0 Å². The smallest absolute Gasteiger partial charge is 0.284 e. The number of aromatic nitrogens is 1. The van der Waals surface area contributed by atoms with E-state index in [0.717, 1.165) is 0 Å². The van der Waals surface area contributed by atoms with E-state index in [1.54, 1.807) is 6.07 Å². The Bertz CT molecular complexity index is 390. The SMILES string of the molecule is N#CCc1cc(Cl)c(O)c(C(F)F)n1. The van der Waals surface area contributed by atoms with Crippen LogP contribution >= 0.6 is 11.6 Å². The Morgan fingerprint density at radius 2 is 2.29 bits per heavy atom. The minimum Gasteiger partial charge on any atom is -0.504 e. The van der Waals surface area contributed by atoms with Gasteiger partial charge in [0.1, 0.15) is 5.69 Å². The van der Waals surface area contributed by atoms with Gasteiger partial charge >= 0.3 is 0 Å². The van der Waals surface area contributed by atoms with Crippen LogP contribution in [0.4, 0.5) is 8.78 Å². The maximum atomic E-state index is 12.3. The van der Waals surface area contributed by atoms with Crippen molar-refractivity contribution in [2.24, 2.45) is 0 Å². The van der Waals surface area contributed by atoms with Crippen LogP contribution in [-0.4, -0.2) is 10.1 Å². The molecule has 1 rings (SSSR count). The summed E-state index contributed by atoms with van der Waals surface area (Å²) in [6.45, 7) is 0. The van der Waals surface area contributed by atoms with Crippen molar-refractivity contribution in [1.29, 1.82) is 5.26 Å². The lowest BCUT2D eigenvalue weighted by Crippen LogP contribution is -1.96. The zero-order valence-electron chi connectivity index (χ0n) is 6.84. The first-order chi connectivity index (χ1) is 6.56. The van der Waals surface area contributed by atoms with Crippen LogP contribution in [0.2, 0.25) is 5.02 Å². The maximum Gasteiger partial charge on any atom is 0.284 e. The summed E-state index contributed by atoms with van der Waals surface area (Å²) in [6, 6.07) is 2.94. The van der Waals surface area contributed by atoms with E-state index in [9.17, 15) is 8.78 Å². The summed E-state index contributed by atoms with van der Waals surface area (Å²) >= 11 is 5.47. The number of hydrogen-bond acceptors (Lipinski definition) is 3. The molecule has 3 nitrogen and oxygen atoms in total.